The Bertz CT molecular complexity index is 1150. The molecule has 0 aliphatic carbocycles. The standard InChI is InChI=1S/C24H25BrN2O4S/c1-26(2)23(28)16-5-3-15(4-6-16)14-27-21-12-18(32-17-7-9-31-10-8-17)11-20(25)19(21)13-22(27)24(29)30/h3-6,11-13,17H,7-10,14H2,1-2H3,(H,29,30). The number of thioether (sulfide) groups is 1. The molecular weight excluding hydrogens is 492 g/mol. The van der Waals surface area contributed by atoms with Crippen LogP contribution in [0.3, 0.4) is 0 Å². The van der Waals surface area contributed by atoms with E-state index in [9.17, 15) is 14.7 Å². The van der Waals surface area contributed by atoms with Gasteiger partial charge in [0.05, 0.1) is 5.52 Å². The van der Waals surface area contributed by atoms with E-state index in [0.29, 0.717) is 17.4 Å². The van der Waals surface area contributed by atoms with Crippen LogP contribution in [0.15, 0.2) is 51.8 Å². The van der Waals surface area contributed by atoms with Gasteiger partial charge in [0.25, 0.3) is 5.91 Å². The number of carboxylic acids is 1. The van der Waals surface area contributed by atoms with E-state index in [0.717, 1.165) is 51.9 Å². The average molecular weight is 517 g/mol. The van der Waals surface area contributed by atoms with Crippen molar-refractivity contribution in [2.75, 3.05) is 27.3 Å². The fraction of sp³-hybridized carbons (Fsp3) is 0.333. The fourth-order valence-electron chi connectivity index (χ4n) is 3.89. The SMILES string of the molecule is CN(C)C(=O)c1ccc(Cn2c(C(=O)O)cc3c(Br)cc(SC4CCOCC4)cc32)cc1. The van der Waals surface area contributed by atoms with Crippen molar-refractivity contribution in [3.63, 3.8) is 0 Å². The molecule has 2 aromatic carbocycles. The van der Waals surface area contributed by atoms with Crippen LogP contribution in [-0.4, -0.2) is 59.0 Å². The Morgan fingerprint density at radius 3 is 2.47 bits per heavy atom. The molecule has 6 nitrogen and oxygen atoms in total. The number of halogens is 1. The van der Waals surface area contributed by atoms with Crippen molar-refractivity contribution in [2.24, 2.45) is 0 Å². The Labute approximate surface area is 199 Å². The molecule has 0 atom stereocenters. The monoisotopic (exact) mass is 516 g/mol. The number of carbonyl (C=O) groups is 2. The molecule has 1 aromatic heterocycles. The van der Waals surface area contributed by atoms with E-state index < -0.39 is 5.97 Å². The molecule has 3 aromatic rings. The number of fused-ring (bicyclic) bond motifs is 1. The Morgan fingerprint density at radius 2 is 1.84 bits per heavy atom. The summed E-state index contributed by atoms with van der Waals surface area (Å²) in [6, 6.07) is 13.2. The molecule has 1 fully saturated rings. The van der Waals surface area contributed by atoms with Gasteiger partial charge in [0, 0.05) is 59.4 Å². The van der Waals surface area contributed by atoms with Crippen molar-refractivity contribution in [2.45, 2.75) is 29.5 Å². The first-order valence-corrected chi connectivity index (χ1v) is 12.1. The van der Waals surface area contributed by atoms with Gasteiger partial charge in [-0.3, -0.25) is 4.79 Å². The number of aromatic nitrogens is 1. The summed E-state index contributed by atoms with van der Waals surface area (Å²) in [4.78, 5) is 26.8. The van der Waals surface area contributed by atoms with Crippen molar-refractivity contribution < 1.29 is 19.4 Å². The molecule has 0 spiro atoms. The normalized spacial score (nSPS) is 14.6. The van der Waals surface area contributed by atoms with Crippen LogP contribution in [0, 0.1) is 0 Å². The maximum absolute atomic E-state index is 12.2. The number of aromatic carboxylic acids is 1. The zero-order valence-corrected chi connectivity index (χ0v) is 20.4. The fourth-order valence-corrected chi connectivity index (χ4v) is 5.78. The van der Waals surface area contributed by atoms with Crippen LogP contribution in [0.4, 0.5) is 0 Å². The Morgan fingerprint density at radius 1 is 1.16 bits per heavy atom. The van der Waals surface area contributed by atoms with Gasteiger partial charge in [-0.25, -0.2) is 4.79 Å². The zero-order chi connectivity index (χ0) is 22.8. The number of amides is 1. The summed E-state index contributed by atoms with van der Waals surface area (Å²) in [6.45, 7) is 1.97. The van der Waals surface area contributed by atoms with Crippen LogP contribution in [0.1, 0.15) is 39.3 Å². The summed E-state index contributed by atoms with van der Waals surface area (Å²) in [5.74, 6) is -1.03. The van der Waals surface area contributed by atoms with Gasteiger partial charge in [0.1, 0.15) is 5.69 Å². The van der Waals surface area contributed by atoms with Gasteiger partial charge in [-0.15, -0.1) is 11.8 Å². The van der Waals surface area contributed by atoms with Gasteiger partial charge in [-0.1, -0.05) is 28.1 Å². The van der Waals surface area contributed by atoms with Crippen LogP contribution in [0.2, 0.25) is 0 Å². The predicted molar refractivity (Wildman–Crippen MR) is 130 cm³/mol. The highest BCUT2D eigenvalue weighted by molar-refractivity contribution is 9.10. The van der Waals surface area contributed by atoms with E-state index in [1.807, 2.05) is 28.5 Å². The second kappa shape index (κ2) is 9.68. The predicted octanol–water partition coefficient (Wildman–Crippen LogP) is 5.12. The lowest BCUT2D eigenvalue weighted by Gasteiger charge is -2.21. The molecule has 0 unspecified atom stereocenters. The van der Waals surface area contributed by atoms with E-state index in [4.69, 9.17) is 4.74 Å². The van der Waals surface area contributed by atoms with E-state index >= 15 is 0 Å². The molecule has 8 heteroatoms. The smallest absolute Gasteiger partial charge is 0.352 e. The number of ether oxygens (including phenoxy) is 1. The molecule has 32 heavy (non-hydrogen) atoms. The molecule has 4 rings (SSSR count). The van der Waals surface area contributed by atoms with Crippen molar-refractivity contribution in [3.05, 3.63) is 63.8 Å². The van der Waals surface area contributed by atoms with Gasteiger partial charge in [0.15, 0.2) is 0 Å². The summed E-state index contributed by atoms with van der Waals surface area (Å²) < 4.78 is 8.19. The molecule has 1 aliphatic heterocycles. The molecule has 2 heterocycles. The largest absolute Gasteiger partial charge is 0.477 e. The van der Waals surface area contributed by atoms with Gasteiger partial charge >= 0.3 is 5.97 Å². The topological polar surface area (TPSA) is 71.8 Å². The van der Waals surface area contributed by atoms with Crippen molar-refractivity contribution in [1.29, 1.82) is 0 Å². The lowest BCUT2D eigenvalue weighted by molar-refractivity contribution is 0.0685. The number of carboxylic acid groups (broad SMARTS) is 1. The second-order valence-electron chi connectivity index (χ2n) is 8.08. The first-order valence-electron chi connectivity index (χ1n) is 10.4. The number of rotatable bonds is 6. The van der Waals surface area contributed by atoms with E-state index in [1.54, 1.807) is 32.3 Å². The quantitative estimate of drug-likeness (QED) is 0.492. The highest BCUT2D eigenvalue weighted by atomic mass is 79.9. The van der Waals surface area contributed by atoms with Gasteiger partial charge in [0.2, 0.25) is 0 Å². The third-order valence-electron chi connectivity index (χ3n) is 5.58. The molecular formula is C24H25BrN2O4S. The highest BCUT2D eigenvalue weighted by Crippen LogP contribution is 2.37. The molecule has 1 N–H and O–H groups in total. The molecule has 0 saturated carbocycles. The summed E-state index contributed by atoms with van der Waals surface area (Å²) >= 11 is 5.47. The molecule has 0 bridgehead atoms. The van der Waals surface area contributed by atoms with Crippen molar-refractivity contribution >= 4 is 50.5 Å². The minimum absolute atomic E-state index is 0.0621. The minimum atomic E-state index is -0.967. The Balaban J connectivity index is 1.69. The van der Waals surface area contributed by atoms with Crippen LogP contribution >= 0.6 is 27.7 Å². The van der Waals surface area contributed by atoms with E-state index in [-0.39, 0.29) is 11.6 Å². The number of benzene rings is 2. The third-order valence-corrected chi connectivity index (χ3v) is 7.55. The van der Waals surface area contributed by atoms with Gasteiger partial charge in [-0.05, 0) is 48.7 Å². The minimum Gasteiger partial charge on any atom is -0.477 e. The summed E-state index contributed by atoms with van der Waals surface area (Å²) in [5, 5.41) is 11.2. The van der Waals surface area contributed by atoms with Crippen molar-refractivity contribution in [1.82, 2.24) is 9.47 Å². The Hall–Kier alpha value is -2.29. The van der Waals surface area contributed by atoms with E-state index in [1.165, 1.54) is 4.90 Å². The van der Waals surface area contributed by atoms with Crippen molar-refractivity contribution in [3.8, 4) is 0 Å². The zero-order valence-electron chi connectivity index (χ0n) is 18.0. The molecule has 1 amide bonds. The lowest BCUT2D eigenvalue weighted by atomic mass is 10.1. The first-order chi connectivity index (χ1) is 15.3. The Kier molecular flexibility index (Phi) is 6.93. The maximum Gasteiger partial charge on any atom is 0.352 e. The second-order valence-corrected chi connectivity index (χ2v) is 10.3. The number of carbonyl (C=O) groups excluding carboxylic acids is 1. The van der Waals surface area contributed by atoms with Crippen LogP contribution in [0.5, 0.6) is 0 Å². The van der Waals surface area contributed by atoms with Crippen LogP contribution < -0.4 is 0 Å². The van der Waals surface area contributed by atoms with E-state index in [2.05, 4.69) is 28.1 Å². The number of hydrogen-bond donors (Lipinski definition) is 1. The van der Waals surface area contributed by atoms with Gasteiger partial charge in [-0.2, -0.15) is 0 Å². The lowest BCUT2D eigenvalue weighted by Crippen LogP contribution is -2.21. The van der Waals surface area contributed by atoms with Crippen LogP contribution in [0.25, 0.3) is 10.9 Å². The number of nitrogens with zero attached hydrogens (tertiary/aromatic N) is 2. The third kappa shape index (κ3) is 4.87. The molecule has 0 radical (unpaired) electrons. The summed E-state index contributed by atoms with van der Waals surface area (Å²) in [7, 11) is 3.43. The number of hydrogen-bond acceptors (Lipinski definition) is 4. The molecule has 1 aliphatic rings. The maximum atomic E-state index is 12.2. The van der Waals surface area contributed by atoms with Crippen LogP contribution in [-0.2, 0) is 11.3 Å². The first kappa shape index (κ1) is 22.9. The highest BCUT2D eigenvalue weighted by Gasteiger charge is 2.20. The summed E-state index contributed by atoms with van der Waals surface area (Å²) in [6.07, 6.45) is 2.03. The van der Waals surface area contributed by atoms with Gasteiger partial charge < -0.3 is 19.3 Å². The molecule has 1 saturated heterocycles. The summed E-state index contributed by atoms with van der Waals surface area (Å²) in [5.41, 5.74) is 2.65. The molecule has 168 valence electrons. The average Bonchev–Trinajstić information content (AvgIpc) is 3.13.